The van der Waals surface area contributed by atoms with Gasteiger partial charge in [0.15, 0.2) is 0 Å². The van der Waals surface area contributed by atoms with Crippen molar-refractivity contribution in [2.75, 3.05) is 4.90 Å². The minimum atomic E-state index is -0.319. The molecule has 134 valence electrons. The third-order valence-electron chi connectivity index (χ3n) is 4.70. The highest BCUT2D eigenvalue weighted by Crippen LogP contribution is 2.43. The van der Waals surface area contributed by atoms with Crippen LogP contribution >= 0.6 is 31.9 Å². The Bertz CT molecular complexity index is 962. The molecule has 0 saturated carbocycles. The van der Waals surface area contributed by atoms with E-state index in [2.05, 4.69) is 134 Å². The zero-order valence-corrected chi connectivity index (χ0v) is 17.9. The van der Waals surface area contributed by atoms with E-state index in [1.807, 2.05) is 6.07 Å². The molecule has 1 atom stereocenters. The van der Waals surface area contributed by atoms with Gasteiger partial charge in [-0.1, -0.05) is 92.5 Å². The number of allylic oxidation sites excluding steroid dienone is 2. The maximum Gasteiger partial charge on any atom is 0.122 e. The fourth-order valence-corrected chi connectivity index (χ4v) is 4.33. The average Bonchev–Trinajstić information content (AvgIpc) is 2.72. The predicted octanol–water partition coefficient (Wildman–Crippen LogP) is 7.72. The van der Waals surface area contributed by atoms with Crippen LogP contribution in [0.3, 0.4) is 0 Å². The van der Waals surface area contributed by atoms with Gasteiger partial charge in [-0.3, -0.25) is 0 Å². The van der Waals surface area contributed by atoms with Crippen LogP contribution in [0.15, 0.2) is 108 Å². The lowest BCUT2D eigenvalue weighted by atomic mass is 9.95. The van der Waals surface area contributed by atoms with Gasteiger partial charge in [-0.25, -0.2) is 0 Å². The Morgan fingerprint density at radius 2 is 1.33 bits per heavy atom. The number of hydrogen-bond donors (Lipinski definition) is 0. The van der Waals surface area contributed by atoms with Crippen LogP contribution in [0.5, 0.6) is 0 Å². The smallest absolute Gasteiger partial charge is 0.122 e. The molecular weight excluding hydrogens is 462 g/mol. The molecule has 0 saturated heterocycles. The highest BCUT2D eigenvalue weighted by Gasteiger charge is 2.34. The van der Waals surface area contributed by atoms with Crippen LogP contribution < -0.4 is 4.90 Å². The fourth-order valence-electron chi connectivity index (χ4n) is 3.36. The SMILES string of the molecule is Brc1ccc(N(c2ccccc2)C2(Br)C=CC(c3ccccc3)=CC2)cc1. The molecule has 0 aliphatic heterocycles. The number of para-hydroxylation sites is 1. The van der Waals surface area contributed by atoms with Gasteiger partial charge in [-0.05, 0) is 53.6 Å². The van der Waals surface area contributed by atoms with E-state index in [4.69, 9.17) is 0 Å². The summed E-state index contributed by atoms with van der Waals surface area (Å²) in [4.78, 5) is 2.34. The fraction of sp³-hybridized carbons (Fsp3) is 0.0833. The van der Waals surface area contributed by atoms with Crippen molar-refractivity contribution < 1.29 is 0 Å². The summed E-state index contributed by atoms with van der Waals surface area (Å²) in [6.45, 7) is 0. The second kappa shape index (κ2) is 7.87. The van der Waals surface area contributed by atoms with Crippen LogP contribution in [0.2, 0.25) is 0 Å². The molecule has 0 fully saturated rings. The summed E-state index contributed by atoms with van der Waals surface area (Å²) in [6, 6.07) is 29.5. The average molecular weight is 481 g/mol. The number of anilines is 2. The summed E-state index contributed by atoms with van der Waals surface area (Å²) >= 11 is 7.58. The summed E-state index contributed by atoms with van der Waals surface area (Å²) in [7, 11) is 0. The van der Waals surface area contributed by atoms with Gasteiger partial charge in [-0.15, -0.1) is 0 Å². The zero-order chi connectivity index (χ0) is 18.7. The Labute approximate surface area is 177 Å². The van der Waals surface area contributed by atoms with E-state index in [0.717, 1.165) is 22.3 Å². The van der Waals surface area contributed by atoms with Crippen molar-refractivity contribution in [1.82, 2.24) is 0 Å². The Morgan fingerprint density at radius 1 is 0.741 bits per heavy atom. The minimum absolute atomic E-state index is 0.319. The summed E-state index contributed by atoms with van der Waals surface area (Å²) < 4.78 is 0.758. The lowest BCUT2D eigenvalue weighted by Crippen LogP contribution is -2.39. The van der Waals surface area contributed by atoms with E-state index in [1.54, 1.807) is 0 Å². The molecule has 1 nitrogen and oxygen atoms in total. The number of halogens is 2. The first kappa shape index (κ1) is 18.3. The largest absolute Gasteiger partial charge is 0.322 e. The van der Waals surface area contributed by atoms with Crippen LogP contribution in [-0.2, 0) is 0 Å². The van der Waals surface area contributed by atoms with Gasteiger partial charge < -0.3 is 4.90 Å². The van der Waals surface area contributed by atoms with Gasteiger partial charge in [-0.2, -0.15) is 0 Å². The highest BCUT2D eigenvalue weighted by atomic mass is 79.9. The molecule has 1 aliphatic carbocycles. The van der Waals surface area contributed by atoms with E-state index in [9.17, 15) is 0 Å². The molecule has 4 rings (SSSR count). The van der Waals surface area contributed by atoms with Crippen LogP contribution in [-0.4, -0.2) is 4.45 Å². The van der Waals surface area contributed by atoms with Crippen molar-refractivity contribution in [1.29, 1.82) is 0 Å². The molecular formula is C24H19Br2N. The molecule has 3 aromatic carbocycles. The maximum atomic E-state index is 4.04. The lowest BCUT2D eigenvalue weighted by molar-refractivity contribution is 0.740. The molecule has 3 aromatic rings. The first-order valence-electron chi connectivity index (χ1n) is 8.90. The van der Waals surface area contributed by atoms with E-state index in [0.29, 0.717) is 0 Å². The second-order valence-electron chi connectivity index (χ2n) is 6.53. The maximum absolute atomic E-state index is 4.04. The van der Waals surface area contributed by atoms with Crippen molar-refractivity contribution in [2.45, 2.75) is 10.9 Å². The first-order chi connectivity index (χ1) is 13.2. The second-order valence-corrected chi connectivity index (χ2v) is 8.82. The molecule has 0 radical (unpaired) electrons. The van der Waals surface area contributed by atoms with Crippen molar-refractivity contribution in [3.63, 3.8) is 0 Å². The standard InChI is InChI=1S/C24H19Br2N/c25-21-11-13-23(14-12-21)27(22-9-5-2-6-10-22)24(26)17-15-20(16-18-24)19-7-3-1-4-8-19/h1-17H,18H2. The van der Waals surface area contributed by atoms with Crippen LogP contribution in [0.25, 0.3) is 5.57 Å². The summed E-state index contributed by atoms with van der Waals surface area (Å²) in [6.07, 6.45) is 7.63. The topological polar surface area (TPSA) is 3.24 Å². The van der Waals surface area contributed by atoms with Gasteiger partial charge in [0.2, 0.25) is 0 Å². The molecule has 27 heavy (non-hydrogen) atoms. The molecule has 1 aliphatic rings. The van der Waals surface area contributed by atoms with Gasteiger partial charge in [0.25, 0.3) is 0 Å². The Morgan fingerprint density at radius 3 is 1.93 bits per heavy atom. The van der Waals surface area contributed by atoms with Crippen LogP contribution in [0.1, 0.15) is 12.0 Å². The van der Waals surface area contributed by atoms with E-state index in [1.165, 1.54) is 11.1 Å². The molecule has 0 spiro atoms. The third-order valence-corrected chi connectivity index (χ3v) is 6.18. The number of hydrogen-bond acceptors (Lipinski definition) is 1. The summed E-state index contributed by atoms with van der Waals surface area (Å²) in [5, 5.41) is 0. The van der Waals surface area contributed by atoms with Crippen molar-refractivity contribution >= 4 is 48.8 Å². The number of rotatable bonds is 4. The van der Waals surface area contributed by atoms with Crippen LogP contribution in [0.4, 0.5) is 11.4 Å². The van der Waals surface area contributed by atoms with E-state index >= 15 is 0 Å². The monoisotopic (exact) mass is 479 g/mol. The van der Waals surface area contributed by atoms with Gasteiger partial charge in [0.05, 0.1) is 0 Å². The normalized spacial score (nSPS) is 18.8. The molecule has 0 aromatic heterocycles. The molecule has 0 amide bonds. The quantitative estimate of drug-likeness (QED) is 0.273. The van der Waals surface area contributed by atoms with Crippen molar-refractivity contribution in [3.8, 4) is 0 Å². The lowest BCUT2D eigenvalue weighted by Gasteiger charge is -2.40. The number of nitrogens with zero attached hydrogens (tertiary/aromatic N) is 1. The minimum Gasteiger partial charge on any atom is -0.322 e. The Hall–Kier alpha value is -2.10. The molecule has 1 unspecified atom stereocenters. The first-order valence-corrected chi connectivity index (χ1v) is 10.5. The van der Waals surface area contributed by atoms with Gasteiger partial charge in [0, 0.05) is 22.3 Å². The van der Waals surface area contributed by atoms with Crippen molar-refractivity contribution in [3.05, 3.63) is 113 Å². The number of alkyl halides is 1. The Kier molecular flexibility index (Phi) is 5.33. The molecule has 3 heteroatoms. The van der Waals surface area contributed by atoms with Crippen LogP contribution in [0, 0.1) is 0 Å². The molecule has 0 heterocycles. The van der Waals surface area contributed by atoms with E-state index < -0.39 is 0 Å². The molecule has 0 bridgehead atoms. The summed E-state index contributed by atoms with van der Waals surface area (Å²) in [5.74, 6) is 0. The predicted molar refractivity (Wildman–Crippen MR) is 123 cm³/mol. The third kappa shape index (κ3) is 3.95. The molecule has 0 N–H and O–H groups in total. The summed E-state index contributed by atoms with van der Waals surface area (Å²) in [5.41, 5.74) is 4.80. The Balaban J connectivity index is 1.72. The zero-order valence-electron chi connectivity index (χ0n) is 14.7. The van der Waals surface area contributed by atoms with Crippen molar-refractivity contribution in [2.24, 2.45) is 0 Å². The van der Waals surface area contributed by atoms with Gasteiger partial charge >= 0.3 is 0 Å². The number of benzene rings is 3. The highest BCUT2D eigenvalue weighted by molar-refractivity contribution is 9.10. The van der Waals surface area contributed by atoms with Gasteiger partial charge in [0.1, 0.15) is 4.45 Å². The van der Waals surface area contributed by atoms with E-state index in [-0.39, 0.29) is 4.45 Å².